The minimum atomic E-state index is -0.320. The van der Waals surface area contributed by atoms with Crippen molar-refractivity contribution in [3.63, 3.8) is 0 Å². The summed E-state index contributed by atoms with van der Waals surface area (Å²) >= 11 is 0. The molecule has 1 aliphatic carbocycles. The Morgan fingerprint density at radius 1 is 1.35 bits per heavy atom. The van der Waals surface area contributed by atoms with E-state index in [2.05, 4.69) is 12.2 Å². The molecule has 0 radical (unpaired) electrons. The summed E-state index contributed by atoms with van der Waals surface area (Å²) in [4.78, 5) is 23.6. The van der Waals surface area contributed by atoms with Crippen LogP contribution in [0.4, 0.5) is 0 Å². The van der Waals surface area contributed by atoms with Crippen LogP contribution in [0.1, 0.15) is 36.9 Å². The number of carbonyl (C=O) groups is 2. The lowest BCUT2D eigenvalue weighted by Crippen LogP contribution is -2.31. The number of hydrogen-bond acceptors (Lipinski definition) is 3. The second-order valence-corrected chi connectivity index (χ2v) is 5.57. The summed E-state index contributed by atoms with van der Waals surface area (Å²) in [6, 6.07) is 7.53. The van der Waals surface area contributed by atoms with E-state index < -0.39 is 0 Å². The predicted octanol–water partition coefficient (Wildman–Crippen LogP) is 2.37. The number of aryl methyl sites for hydroxylation is 1. The number of methoxy groups -OCH3 is 1. The number of rotatable bonds is 5. The Labute approximate surface area is 119 Å². The van der Waals surface area contributed by atoms with Gasteiger partial charge in [-0.15, -0.1) is 0 Å². The van der Waals surface area contributed by atoms with E-state index in [0.29, 0.717) is 5.92 Å². The lowest BCUT2D eigenvalue weighted by molar-refractivity contribution is -0.141. The topological polar surface area (TPSA) is 55.4 Å². The van der Waals surface area contributed by atoms with Crippen molar-refractivity contribution in [1.82, 2.24) is 5.32 Å². The molecule has 1 amide bonds. The summed E-state index contributed by atoms with van der Waals surface area (Å²) in [5.41, 5.74) is 2.08. The highest BCUT2D eigenvalue weighted by Crippen LogP contribution is 2.38. The van der Waals surface area contributed by atoms with E-state index in [1.165, 1.54) is 7.11 Å². The second-order valence-electron chi connectivity index (χ2n) is 5.57. The van der Waals surface area contributed by atoms with E-state index in [4.69, 9.17) is 4.74 Å². The molecule has 1 aromatic rings. The average molecular weight is 275 g/mol. The first-order chi connectivity index (χ1) is 9.51. The van der Waals surface area contributed by atoms with E-state index >= 15 is 0 Å². The van der Waals surface area contributed by atoms with Crippen LogP contribution in [0.5, 0.6) is 0 Å². The van der Waals surface area contributed by atoms with Crippen molar-refractivity contribution in [1.29, 1.82) is 0 Å². The zero-order valence-corrected chi connectivity index (χ0v) is 12.2. The molecule has 0 aliphatic heterocycles. The first-order valence-corrected chi connectivity index (χ1v) is 6.95. The maximum Gasteiger partial charge on any atom is 0.307 e. The molecule has 0 spiro atoms. The van der Waals surface area contributed by atoms with Gasteiger partial charge in [-0.25, -0.2) is 0 Å². The Morgan fingerprint density at radius 3 is 2.45 bits per heavy atom. The van der Waals surface area contributed by atoms with E-state index in [0.717, 1.165) is 17.5 Å². The molecule has 4 heteroatoms. The highest BCUT2D eigenvalue weighted by molar-refractivity contribution is 5.82. The highest BCUT2D eigenvalue weighted by atomic mass is 16.5. The SMILES string of the molecule is COC(=O)CC(NC(=O)C1CC1C)c1ccc(C)cc1. The van der Waals surface area contributed by atoms with Crippen LogP contribution in [0.25, 0.3) is 0 Å². The van der Waals surface area contributed by atoms with Gasteiger partial charge in [-0.3, -0.25) is 9.59 Å². The molecule has 2 rings (SSSR count). The van der Waals surface area contributed by atoms with Crippen LogP contribution in [0, 0.1) is 18.8 Å². The number of benzene rings is 1. The van der Waals surface area contributed by atoms with Gasteiger partial charge in [0, 0.05) is 5.92 Å². The molecule has 20 heavy (non-hydrogen) atoms. The zero-order chi connectivity index (χ0) is 14.7. The average Bonchev–Trinajstić information content (AvgIpc) is 3.16. The van der Waals surface area contributed by atoms with Crippen LogP contribution in [0.15, 0.2) is 24.3 Å². The van der Waals surface area contributed by atoms with Gasteiger partial charge >= 0.3 is 5.97 Å². The van der Waals surface area contributed by atoms with Crippen molar-refractivity contribution in [2.75, 3.05) is 7.11 Å². The van der Waals surface area contributed by atoms with Crippen LogP contribution in [-0.4, -0.2) is 19.0 Å². The molecule has 1 N–H and O–H groups in total. The Balaban J connectivity index is 2.09. The van der Waals surface area contributed by atoms with Crippen LogP contribution < -0.4 is 5.32 Å². The molecule has 3 unspecified atom stereocenters. The molecule has 3 atom stereocenters. The predicted molar refractivity (Wildman–Crippen MR) is 76.0 cm³/mol. The molecule has 0 aromatic heterocycles. The molecule has 4 nitrogen and oxygen atoms in total. The van der Waals surface area contributed by atoms with Crippen LogP contribution in [0.2, 0.25) is 0 Å². The third-order valence-corrected chi connectivity index (χ3v) is 3.84. The van der Waals surface area contributed by atoms with Gasteiger partial charge in [0.05, 0.1) is 19.6 Å². The van der Waals surface area contributed by atoms with Gasteiger partial charge in [0.2, 0.25) is 5.91 Å². The van der Waals surface area contributed by atoms with Crippen molar-refractivity contribution in [2.45, 2.75) is 32.7 Å². The summed E-state index contributed by atoms with van der Waals surface area (Å²) in [5.74, 6) is 0.263. The van der Waals surface area contributed by atoms with Crippen molar-refractivity contribution in [3.8, 4) is 0 Å². The fourth-order valence-electron chi connectivity index (χ4n) is 2.27. The molecule has 0 bridgehead atoms. The lowest BCUT2D eigenvalue weighted by Gasteiger charge is -2.18. The van der Waals surface area contributed by atoms with Crippen LogP contribution >= 0.6 is 0 Å². The van der Waals surface area contributed by atoms with Crippen molar-refractivity contribution in [2.24, 2.45) is 11.8 Å². The number of hydrogen-bond donors (Lipinski definition) is 1. The summed E-state index contributed by atoms with van der Waals surface area (Å²) in [7, 11) is 1.36. The summed E-state index contributed by atoms with van der Waals surface area (Å²) in [5, 5.41) is 2.97. The Kier molecular flexibility index (Phi) is 4.42. The first kappa shape index (κ1) is 14.6. The molecule has 1 aromatic carbocycles. The Hall–Kier alpha value is -1.84. The Morgan fingerprint density at radius 2 is 1.95 bits per heavy atom. The number of ether oxygens (including phenoxy) is 1. The summed E-state index contributed by atoms with van der Waals surface area (Å²) in [6.45, 7) is 4.06. The lowest BCUT2D eigenvalue weighted by atomic mass is 10.0. The Bertz CT molecular complexity index is 495. The van der Waals surface area contributed by atoms with Gasteiger partial charge in [-0.05, 0) is 24.8 Å². The van der Waals surface area contributed by atoms with Gasteiger partial charge in [0.25, 0.3) is 0 Å². The zero-order valence-electron chi connectivity index (χ0n) is 12.2. The number of amides is 1. The fraction of sp³-hybridized carbons (Fsp3) is 0.500. The number of carbonyl (C=O) groups excluding carboxylic acids is 2. The van der Waals surface area contributed by atoms with Gasteiger partial charge in [0.1, 0.15) is 0 Å². The molecule has 1 fully saturated rings. The number of esters is 1. The van der Waals surface area contributed by atoms with Gasteiger partial charge in [-0.1, -0.05) is 36.8 Å². The quantitative estimate of drug-likeness (QED) is 0.839. The van der Waals surface area contributed by atoms with Crippen LogP contribution in [0.3, 0.4) is 0 Å². The molecule has 0 heterocycles. The first-order valence-electron chi connectivity index (χ1n) is 6.95. The number of nitrogens with one attached hydrogen (secondary N) is 1. The monoisotopic (exact) mass is 275 g/mol. The summed E-state index contributed by atoms with van der Waals surface area (Å²) in [6.07, 6.45) is 1.09. The summed E-state index contributed by atoms with van der Waals surface area (Å²) < 4.78 is 4.71. The highest BCUT2D eigenvalue weighted by Gasteiger charge is 2.40. The smallest absolute Gasteiger partial charge is 0.307 e. The molecular formula is C16H21NO3. The van der Waals surface area contributed by atoms with E-state index in [1.54, 1.807) is 0 Å². The molecule has 1 aliphatic rings. The maximum absolute atomic E-state index is 12.1. The van der Waals surface area contributed by atoms with E-state index in [1.807, 2.05) is 31.2 Å². The minimum Gasteiger partial charge on any atom is -0.469 e. The van der Waals surface area contributed by atoms with Crippen molar-refractivity contribution < 1.29 is 14.3 Å². The van der Waals surface area contributed by atoms with Crippen LogP contribution in [-0.2, 0) is 14.3 Å². The van der Waals surface area contributed by atoms with E-state index in [-0.39, 0.29) is 30.3 Å². The molecule has 108 valence electrons. The fourth-order valence-corrected chi connectivity index (χ4v) is 2.27. The normalized spacial score (nSPS) is 21.9. The third kappa shape index (κ3) is 3.59. The molecular weight excluding hydrogens is 254 g/mol. The van der Waals surface area contributed by atoms with Crippen molar-refractivity contribution in [3.05, 3.63) is 35.4 Å². The second kappa shape index (κ2) is 6.07. The molecule has 0 saturated heterocycles. The van der Waals surface area contributed by atoms with Gasteiger partial charge in [0.15, 0.2) is 0 Å². The van der Waals surface area contributed by atoms with Gasteiger partial charge < -0.3 is 10.1 Å². The largest absolute Gasteiger partial charge is 0.469 e. The van der Waals surface area contributed by atoms with E-state index in [9.17, 15) is 9.59 Å². The maximum atomic E-state index is 12.1. The minimum absolute atomic E-state index is 0.0342. The van der Waals surface area contributed by atoms with Gasteiger partial charge in [-0.2, -0.15) is 0 Å². The third-order valence-electron chi connectivity index (χ3n) is 3.84. The van der Waals surface area contributed by atoms with Crippen molar-refractivity contribution >= 4 is 11.9 Å². The molecule has 1 saturated carbocycles. The standard InChI is InChI=1S/C16H21NO3/c1-10-4-6-12(7-5-10)14(9-15(18)20-3)17-16(19)13-8-11(13)2/h4-7,11,13-14H,8-9H2,1-3H3,(H,17,19).